The Morgan fingerprint density at radius 3 is 2.71 bits per heavy atom. The average Bonchev–Trinajstić information content (AvgIpc) is 2.70. The van der Waals surface area contributed by atoms with Gasteiger partial charge in [0.15, 0.2) is 0 Å². The van der Waals surface area contributed by atoms with Crippen LogP contribution < -0.4 is 10.1 Å². The van der Waals surface area contributed by atoms with Gasteiger partial charge in [-0.3, -0.25) is 4.68 Å². The number of aromatic nitrogens is 2. The molecule has 114 valence electrons. The van der Waals surface area contributed by atoms with Crippen molar-refractivity contribution in [3.63, 3.8) is 0 Å². The zero-order valence-corrected chi connectivity index (χ0v) is 14.9. The van der Waals surface area contributed by atoms with Crippen LogP contribution in [0.5, 0.6) is 5.75 Å². The Morgan fingerprint density at radius 2 is 2.19 bits per heavy atom. The van der Waals surface area contributed by atoms with Crippen molar-refractivity contribution in [2.75, 3.05) is 14.2 Å². The molecule has 2 rings (SSSR count). The smallest absolute Gasteiger partial charge is 0.125 e. The van der Waals surface area contributed by atoms with Crippen LogP contribution in [-0.4, -0.2) is 23.9 Å². The number of hydrogen-bond donors (Lipinski definition) is 1. The molecule has 0 radical (unpaired) electrons. The summed E-state index contributed by atoms with van der Waals surface area (Å²) in [5, 5.41) is 8.45. The van der Waals surface area contributed by atoms with Crippen LogP contribution in [0.2, 0.25) is 5.02 Å². The van der Waals surface area contributed by atoms with Crippen LogP contribution in [-0.2, 0) is 13.5 Å². The Hall–Kier alpha value is -1.04. The molecule has 0 bridgehead atoms. The van der Waals surface area contributed by atoms with E-state index in [1.807, 2.05) is 43.9 Å². The molecule has 0 fully saturated rings. The third-order valence-electron chi connectivity index (χ3n) is 3.58. The zero-order valence-electron chi connectivity index (χ0n) is 12.6. The summed E-state index contributed by atoms with van der Waals surface area (Å²) >= 11 is 9.65. The number of halogens is 2. The number of rotatable bonds is 5. The number of nitrogens with zero attached hydrogens (tertiary/aromatic N) is 2. The lowest BCUT2D eigenvalue weighted by molar-refractivity contribution is 0.400. The van der Waals surface area contributed by atoms with Gasteiger partial charge in [-0.25, -0.2) is 0 Å². The molecule has 0 aliphatic carbocycles. The topological polar surface area (TPSA) is 39.1 Å². The predicted molar refractivity (Wildman–Crippen MR) is 89.2 cm³/mol. The second-order valence-corrected chi connectivity index (χ2v) is 6.13. The molecule has 0 saturated heterocycles. The maximum atomic E-state index is 6.04. The van der Waals surface area contributed by atoms with Crippen molar-refractivity contribution in [3.05, 3.63) is 44.6 Å². The van der Waals surface area contributed by atoms with Gasteiger partial charge in [0, 0.05) is 30.1 Å². The summed E-state index contributed by atoms with van der Waals surface area (Å²) < 4.78 is 8.42. The molecule has 2 aromatic rings. The van der Waals surface area contributed by atoms with Crippen LogP contribution in [0.4, 0.5) is 0 Å². The molecule has 1 heterocycles. The van der Waals surface area contributed by atoms with Crippen molar-refractivity contribution in [1.29, 1.82) is 0 Å². The van der Waals surface area contributed by atoms with Crippen LogP contribution in [0.15, 0.2) is 22.7 Å². The van der Waals surface area contributed by atoms with Crippen LogP contribution >= 0.6 is 27.5 Å². The van der Waals surface area contributed by atoms with Crippen molar-refractivity contribution >= 4 is 27.5 Å². The highest BCUT2D eigenvalue weighted by Gasteiger charge is 2.20. The highest BCUT2D eigenvalue weighted by atomic mass is 79.9. The van der Waals surface area contributed by atoms with E-state index in [9.17, 15) is 0 Å². The minimum Gasteiger partial charge on any atom is -0.496 e. The summed E-state index contributed by atoms with van der Waals surface area (Å²) in [6.45, 7) is 1.99. The average molecular weight is 373 g/mol. The predicted octanol–water partition coefficient (Wildman–Crippen LogP) is 3.66. The van der Waals surface area contributed by atoms with E-state index in [4.69, 9.17) is 16.3 Å². The summed E-state index contributed by atoms with van der Waals surface area (Å²) in [4.78, 5) is 0. The number of ether oxygens (including phenoxy) is 1. The summed E-state index contributed by atoms with van der Waals surface area (Å²) in [5.41, 5.74) is 3.21. The van der Waals surface area contributed by atoms with Gasteiger partial charge in [-0.2, -0.15) is 5.10 Å². The molecular weight excluding hydrogens is 354 g/mol. The van der Waals surface area contributed by atoms with Gasteiger partial charge >= 0.3 is 0 Å². The lowest BCUT2D eigenvalue weighted by Gasteiger charge is -2.20. The van der Waals surface area contributed by atoms with E-state index in [0.717, 1.165) is 33.6 Å². The fraction of sp³-hybridized carbons (Fsp3) is 0.400. The molecule has 0 aliphatic rings. The number of benzene rings is 1. The fourth-order valence-electron chi connectivity index (χ4n) is 2.44. The molecule has 0 spiro atoms. The normalized spacial score (nSPS) is 12.5. The molecule has 0 saturated carbocycles. The molecular formula is C15H19BrClN3O. The molecule has 4 nitrogen and oxygen atoms in total. The Labute approximate surface area is 138 Å². The quantitative estimate of drug-likeness (QED) is 0.870. The Bertz CT molecular complexity index is 642. The van der Waals surface area contributed by atoms with E-state index >= 15 is 0 Å². The van der Waals surface area contributed by atoms with Gasteiger partial charge in [0.05, 0.1) is 23.0 Å². The van der Waals surface area contributed by atoms with Crippen LogP contribution in [0, 0.1) is 6.92 Å². The molecule has 1 aromatic carbocycles. The molecule has 6 heteroatoms. The van der Waals surface area contributed by atoms with Crippen molar-refractivity contribution < 1.29 is 4.74 Å². The maximum Gasteiger partial charge on any atom is 0.125 e. The number of hydrogen-bond acceptors (Lipinski definition) is 3. The van der Waals surface area contributed by atoms with Crippen LogP contribution in [0.25, 0.3) is 0 Å². The molecule has 1 atom stereocenters. The monoisotopic (exact) mass is 371 g/mol. The van der Waals surface area contributed by atoms with Gasteiger partial charge < -0.3 is 10.1 Å². The first-order chi connectivity index (χ1) is 9.97. The van der Waals surface area contributed by atoms with E-state index in [0.29, 0.717) is 5.02 Å². The zero-order chi connectivity index (χ0) is 15.6. The third kappa shape index (κ3) is 3.42. The number of methoxy groups -OCH3 is 1. The van der Waals surface area contributed by atoms with Gasteiger partial charge in [-0.1, -0.05) is 17.7 Å². The van der Waals surface area contributed by atoms with Crippen molar-refractivity contribution in [3.8, 4) is 5.75 Å². The Kier molecular flexibility index (Phi) is 5.30. The maximum absolute atomic E-state index is 6.04. The second kappa shape index (κ2) is 6.81. The summed E-state index contributed by atoms with van der Waals surface area (Å²) in [5.74, 6) is 0.789. The largest absolute Gasteiger partial charge is 0.496 e. The Balaban J connectivity index is 2.36. The van der Waals surface area contributed by atoms with E-state index in [1.54, 1.807) is 7.11 Å². The summed E-state index contributed by atoms with van der Waals surface area (Å²) in [6, 6.07) is 5.83. The number of nitrogens with one attached hydrogen (secondary N) is 1. The summed E-state index contributed by atoms with van der Waals surface area (Å²) in [6.07, 6.45) is 0.798. The fourth-order valence-corrected chi connectivity index (χ4v) is 3.10. The number of likely N-dealkylation sites (N-methyl/N-ethyl adjacent to an activating group) is 1. The molecule has 0 amide bonds. The lowest BCUT2D eigenvalue weighted by Crippen LogP contribution is -2.21. The van der Waals surface area contributed by atoms with E-state index in [-0.39, 0.29) is 6.04 Å². The van der Waals surface area contributed by atoms with Crippen molar-refractivity contribution in [1.82, 2.24) is 15.1 Å². The SMILES string of the molecule is CNC(Cc1c(Br)c(C)nn1C)c1ccc(Cl)cc1OC. The highest BCUT2D eigenvalue weighted by molar-refractivity contribution is 9.10. The van der Waals surface area contributed by atoms with E-state index in [1.165, 1.54) is 0 Å². The third-order valence-corrected chi connectivity index (χ3v) is 4.85. The minimum atomic E-state index is 0.114. The van der Waals surface area contributed by atoms with Gasteiger partial charge in [0.25, 0.3) is 0 Å². The molecule has 1 aromatic heterocycles. The first-order valence-corrected chi connectivity index (χ1v) is 7.83. The van der Waals surface area contributed by atoms with E-state index < -0.39 is 0 Å². The van der Waals surface area contributed by atoms with Crippen molar-refractivity contribution in [2.24, 2.45) is 7.05 Å². The van der Waals surface area contributed by atoms with Crippen LogP contribution in [0.1, 0.15) is 23.0 Å². The van der Waals surface area contributed by atoms with Gasteiger partial charge in [-0.05, 0) is 42.0 Å². The minimum absolute atomic E-state index is 0.114. The van der Waals surface area contributed by atoms with Gasteiger partial charge in [0.1, 0.15) is 5.75 Å². The lowest BCUT2D eigenvalue weighted by atomic mass is 10.0. The van der Waals surface area contributed by atoms with Gasteiger partial charge in [0.2, 0.25) is 0 Å². The highest BCUT2D eigenvalue weighted by Crippen LogP contribution is 2.32. The van der Waals surface area contributed by atoms with Crippen molar-refractivity contribution in [2.45, 2.75) is 19.4 Å². The standard InChI is InChI=1S/C15H19BrClN3O/c1-9-15(16)13(20(3)19-9)8-12(18-2)11-6-5-10(17)7-14(11)21-4/h5-7,12,18H,8H2,1-4H3. The molecule has 1 N–H and O–H groups in total. The summed E-state index contributed by atoms with van der Waals surface area (Å²) in [7, 11) is 5.56. The molecule has 0 aliphatic heterocycles. The first kappa shape index (κ1) is 16.3. The van der Waals surface area contributed by atoms with Gasteiger partial charge in [-0.15, -0.1) is 0 Å². The number of aryl methyl sites for hydroxylation is 2. The molecule has 21 heavy (non-hydrogen) atoms. The van der Waals surface area contributed by atoms with Crippen LogP contribution in [0.3, 0.4) is 0 Å². The first-order valence-electron chi connectivity index (χ1n) is 6.66. The van der Waals surface area contributed by atoms with E-state index in [2.05, 4.69) is 26.3 Å². The Morgan fingerprint density at radius 1 is 1.48 bits per heavy atom. The second-order valence-electron chi connectivity index (χ2n) is 4.90. The molecule has 1 unspecified atom stereocenters.